The smallest absolute Gasteiger partial charge is 0.132 e. The molecule has 0 aliphatic carbocycles. The standard InChI is InChI=1S/C26H20N4/c27-26-22-12-14-29-17-23(22)24(19-9-5-2-6-10-19)25(30-26)21-11-13-28-16-20(21)15-18-7-3-1-4-8-18/h1-14,16-17H,15H2,(H2,27,30). The van der Waals surface area contributed by atoms with Crippen molar-refractivity contribution in [3.63, 3.8) is 0 Å². The van der Waals surface area contributed by atoms with E-state index in [1.807, 2.05) is 55.0 Å². The molecule has 30 heavy (non-hydrogen) atoms. The lowest BCUT2D eigenvalue weighted by atomic mass is 9.92. The third-order valence-electron chi connectivity index (χ3n) is 5.29. The first kappa shape index (κ1) is 18.0. The van der Waals surface area contributed by atoms with Crippen LogP contribution in [0.4, 0.5) is 5.82 Å². The Morgan fingerprint density at radius 1 is 0.700 bits per heavy atom. The minimum absolute atomic E-state index is 0.504. The average molecular weight is 388 g/mol. The normalized spacial score (nSPS) is 10.9. The van der Waals surface area contributed by atoms with Gasteiger partial charge in [-0.15, -0.1) is 0 Å². The molecule has 0 aliphatic rings. The van der Waals surface area contributed by atoms with Gasteiger partial charge in [0.1, 0.15) is 5.82 Å². The molecule has 0 spiro atoms. The highest BCUT2D eigenvalue weighted by Crippen LogP contribution is 2.39. The maximum atomic E-state index is 6.39. The summed E-state index contributed by atoms with van der Waals surface area (Å²) in [5.74, 6) is 0.504. The maximum Gasteiger partial charge on any atom is 0.132 e. The monoisotopic (exact) mass is 388 g/mol. The van der Waals surface area contributed by atoms with E-state index in [1.54, 1.807) is 6.20 Å². The van der Waals surface area contributed by atoms with E-state index in [4.69, 9.17) is 10.7 Å². The summed E-state index contributed by atoms with van der Waals surface area (Å²) in [6, 6.07) is 24.6. The van der Waals surface area contributed by atoms with Gasteiger partial charge in [0.2, 0.25) is 0 Å². The fraction of sp³-hybridized carbons (Fsp3) is 0.0385. The van der Waals surface area contributed by atoms with Crippen LogP contribution in [0.2, 0.25) is 0 Å². The number of nitrogens with zero attached hydrogens (tertiary/aromatic N) is 3. The van der Waals surface area contributed by atoms with E-state index >= 15 is 0 Å². The average Bonchev–Trinajstić information content (AvgIpc) is 2.81. The fourth-order valence-electron chi connectivity index (χ4n) is 3.89. The molecule has 0 amide bonds. The van der Waals surface area contributed by atoms with E-state index in [0.717, 1.165) is 45.1 Å². The third-order valence-corrected chi connectivity index (χ3v) is 5.29. The molecule has 0 radical (unpaired) electrons. The van der Waals surface area contributed by atoms with Crippen LogP contribution in [0.1, 0.15) is 11.1 Å². The molecule has 0 aliphatic heterocycles. The third kappa shape index (κ3) is 3.29. The minimum Gasteiger partial charge on any atom is -0.383 e. The fourth-order valence-corrected chi connectivity index (χ4v) is 3.89. The summed E-state index contributed by atoms with van der Waals surface area (Å²) < 4.78 is 0. The lowest BCUT2D eigenvalue weighted by molar-refractivity contribution is 1.14. The molecule has 4 nitrogen and oxygen atoms in total. The summed E-state index contributed by atoms with van der Waals surface area (Å²) in [5.41, 5.74) is 12.7. The Hall–Kier alpha value is -4.05. The maximum absolute atomic E-state index is 6.39. The van der Waals surface area contributed by atoms with Crippen molar-refractivity contribution in [3.8, 4) is 22.4 Å². The molecular formula is C26H20N4. The number of nitrogen functional groups attached to an aromatic ring is 1. The van der Waals surface area contributed by atoms with Crippen LogP contribution in [0.25, 0.3) is 33.2 Å². The Kier molecular flexibility index (Phi) is 4.66. The van der Waals surface area contributed by atoms with E-state index in [-0.39, 0.29) is 0 Å². The number of nitrogens with two attached hydrogens (primary N) is 1. The summed E-state index contributed by atoms with van der Waals surface area (Å²) in [7, 11) is 0. The first-order valence-corrected chi connectivity index (χ1v) is 9.87. The Morgan fingerprint density at radius 3 is 2.20 bits per heavy atom. The van der Waals surface area contributed by atoms with Crippen molar-refractivity contribution in [3.05, 3.63) is 109 Å². The lowest BCUT2D eigenvalue weighted by Gasteiger charge is -2.17. The van der Waals surface area contributed by atoms with Gasteiger partial charge in [0, 0.05) is 46.7 Å². The predicted octanol–water partition coefficient (Wildman–Crippen LogP) is 5.53. The van der Waals surface area contributed by atoms with Gasteiger partial charge in [-0.2, -0.15) is 0 Å². The van der Waals surface area contributed by atoms with Crippen molar-refractivity contribution in [2.75, 3.05) is 5.73 Å². The van der Waals surface area contributed by atoms with Crippen LogP contribution in [-0.2, 0) is 6.42 Å². The van der Waals surface area contributed by atoms with Crippen LogP contribution in [0.3, 0.4) is 0 Å². The Balaban J connectivity index is 1.79. The molecule has 5 aromatic rings. The number of hydrogen-bond acceptors (Lipinski definition) is 4. The highest BCUT2D eigenvalue weighted by Gasteiger charge is 2.18. The summed E-state index contributed by atoms with van der Waals surface area (Å²) in [6.45, 7) is 0. The second-order valence-corrected chi connectivity index (χ2v) is 7.20. The van der Waals surface area contributed by atoms with Crippen molar-refractivity contribution in [2.24, 2.45) is 0 Å². The summed E-state index contributed by atoms with van der Waals surface area (Å²) in [5, 5.41) is 1.90. The van der Waals surface area contributed by atoms with E-state index in [2.05, 4.69) is 46.4 Å². The van der Waals surface area contributed by atoms with Crippen LogP contribution in [0, 0.1) is 0 Å². The molecular weight excluding hydrogens is 368 g/mol. The van der Waals surface area contributed by atoms with Crippen LogP contribution < -0.4 is 5.73 Å². The summed E-state index contributed by atoms with van der Waals surface area (Å²) in [6.07, 6.45) is 8.12. The molecule has 4 heteroatoms. The zero-order chi connectivity index (χ0) is 20.3. The van der Waals surface area contributed by atoms with Crippen LogP contribution in [-0.4, -0.2) is 15.0 Å². The number of aromatic nitrogens is 3. The zero-order valence-electron chi connectivity index (χ0n) is 16.4. The Morgan fingerprint density at radius 2 is 1.40 bits per heavy atom. The van der Waals surface area contributed by atoms with E-state index in [0.29, 0.717) is 5.82 Å². The number of anilines is 1. The Bertz CT molecular complexity index is 1320. The van der Waals surface area contributed by atoms with Crippen molar-refractivity contribution in [1.82, 2.24) is 15.0 Å². The molecule has 2 N–H and O–H groups in total. The van der Waals surface area contributed by atoms with E-state index in [9.17, 15) is 0 Å². The summed E-state index contributed by atoms with van der Waals surface area (Å²) >= 11 is 0. The molecule has 3 heterocycles. The molecule has 5 rings (SSSR count). The number of benzene rings is 2. The van der Waals surface area contributed by atoms with Gasteiger partial charge in [0.05, 0.1) is 5.69 Å². The Labute approximate surface area is 175 Å². The molecule has 0 fully saturated rings. The second-order valence-electron chi connectivity index (χ2n) is 7.20. The molecule has 0 bridgehead atoms. The highest BCUT2D eigenvalue weighted by molar-refractivity contribution is 6.06. The van der Waals surface area contributed by atoms with Crippen LogP contribution in [0.15, 0.2) is 97.6 Å². The van der Waals surface area contributed by atoms with Gasteiger partial charge in [-0.1, -0.05) is 60.7 Å². The van der Waals surface area contributed by atoms with Gasteiger partial charge in [-0.3, -0.25) is 9.97 Å². The zero-order valence-corrected chi connectivity index (χ0v) is 16.4. The topological polar surface area (TPSA) is 64.7 Å². The van der Waals surface area contributed by atoms with Crippen molar-refractivity contribution in [2.45, 2.75) is 6.42 Å². The second kappa shape index (κ2) is 7.76. The number of rotatable bonds is 4. The molecule has 2 aromatic carbocycles. The first-order valence-electron chi connectivity index (χ1n) is 9.87. The lowest BCUT2D eigenvalue weighted by Crippen LogP contribution is -2.01. The number of pyridine rings is 3. The summed E-state index contributed by atoms with van der Waals surface area (Å²) in [4.78, 5) is 13.6. The first-order chi connectivity index (χ1) is 14.8. The number of fused-ring (bicyclic) bond motifs is 1. The van der Waals surface area contributed by atoms with Gasteiger partial charge in [-0.25, -0.2) is 4.98 Å². The van der Waals surface area contributed by atoms with Crippen LogP contribution in [0.5, 0.6) is 0 Å². The quantitative estimate of drug-likeness (QED) is 0.439. The largest absolute Gasteiger partial charge is 0.383 e. The SMILES string of the molecule is Nc1nc(-c2ccncc2Cc2ccccc2)c(-c2ccccc2)c2cnccc12. The van der Waals surface area contributed by atoms with Gasteiger partial charge >= 0.3 is 0 Å². The molecule has 0 saturated heterocycles. The van der Waals surface area contributed by atoms with Gasteiger partial charge in [-0.05, 0) is 35.2 Å². The molecule has 0 atom stereocenters. The van der Waals surface area contributed by atoms with E-state index in [1.165, 1.54) is 5.56 Å². The van der Waals surface area contributed by atoms with Crippen molar-refractivity contribution >= 4 is 16.6 Å². The van der Waals surface area contributed by atoms with Gasteiger partial charge in [0.15, 0.2) is 0 Å². The molecule has 0 unspecified atom stereocenters. The van der Waals surface area contributed by atoms with Gasteiger partial charge < -0.3 is 5.73 Å². The van der Waals surface area contributed by atoms with Crippen molar-refractivity contribution < 1.29 is 0 Å². The molecule has 144 valence electrons. The number of hydrogen-bond donors (Lipinski definition) is 1. The highest BCUT2D eigenvalue weighted by atomic mass is 14.9. The van der Waals surface area contributed by atoms with Gasteiger partial charge in [0.25, 0.3) is 0 Å². The molecule has 3 aromatic heterocycles. The molecule has 0 saturated carbocycles. The minimum atomic E-state index is 0.504. The van der Waals surface area contributed by atoms with Crippen LogP contribution >= 0.6 is 0 Å². The van der Waals surface area contributed by atoms with Crippen molar-refractivity contribution in [1.29, 1.82) is 0 Å². The predicted molar refractivity (Wildman–Crippen MR) is 122 cm³/mol. The van der Waals surface area contributed by atoms with E-state index < -0.39 is 0 Å².